The van der Waals surface area contributed by atoms with E-state index in [0.29, 0.717) is 25.4 Å². The van der Waals surface area contributed by atoms with Gasteiger partial charge in [0.25, 0.3) is 0 Å². The van der Waals surface area contributed by atoms with Gasteiger partial charge < -0.3 is 14.8 Å². The summed E-state index contributed by atoms with van der Waals surface area (Å²) < 4.78 is 15.7. The fourth-order valence-electron chi connectivity index (χ4n) is 4.33. The number of carbonyl (C=O) groups excluding carboxylic acids is 1. The lowest BCUT2D eigenvalue weighted by molar-refractivity contribution is 0.143. The summed E-state index contributed by atoms with van der Waals surface area (Å²) in [6, 6.07) is 17.3. The van der Waals surface area contributed by atoms with Crippen LogP contribution in [0.25, 0.3) is 5.69 Å². The van der Waals surface area contributed by atoms with E-state index in [0.717, 1.165) is 40.4 Å². The molecule has 2 aromatic heterocycles. The molecule has 2 N–H and O–H groups in total. The molecule has 1 aliphatic rings. The van der Waals surface area contributed by atoms with Crippen LogP contribution in [0.3, 0.4) is 0 Å². The Balaban J connectivity index is 1.24. The Kier molecular flexibility index (Phi) is 7.09. The third-order valence-corrected chi connectivity index (χ3v) is 6.44. The van der Waals surface area contributed by atoms with Crippen molar-refractivity contribution in [3.63, 3.8) is 0 Å². The normalized spacial score (nSPS) is 14.9. The van der Waals surface area contributed by atoms with Gasteiger partial charge in [0.05, 0.1) is 17.9 Å². The Morgan fingerprint density at radius 3 is 2.71 bits per heavy atom. The highest BCUT2D eigenvalue weighted by atomic mass is 16.5. The summed E-state index contributed by atoms with van der Waals surface area (Å²) in [5.41, 5.74) is 3.77. The minimum atomic E-state index is -0.459. The average Bonchev–Trinajstić information content (AvgIpc) is 3.55. The number of nitrogens with one attached hydrogen (secondary N) is 2. The van der Waals surface area contributed by atoms with Gasteiger partial charge in [0.1, 0.15) is 23.9 Å². The third kappa shape index (κ3) is 5.82. The Labute approximate surface area is 222 Å². The number of urea groups is 1. The fraction of sp³-hybridized carbons (Fsp3) is 0.345. The van der Waals surface area contributed by atoms with Gasteiger partial charge in [0, 0.05) is 35.9 Å². The molecule has 1 unspecified atom stereocenters. The molecule has 5 rings (SSSR count). The van der Waals surface area contributed by atoms with Gasteiger partial charge in [-0.25, -0.2) is 9.48 Å². The van der Waals surface area contributed by atoms with Crippen molar-refractivity contribution < 1.29 is 14.3 Å². The first kappa shape index (κ1) is 25.4. The molecule has 0 fully saturated rings. The second kappa shape index (κ2) is 10.6. The quantitative estimate of drug-likeness (QED) is 0.352. The lowest BCUT2D eigenvalue weighted by atomic mass is 9.92. The summed E-state index contributed by atoms with van der Waals surface area (Å²) in [7, 11) is 0. The molecule has 198 valence electrons. The molecule has 3 heterocycles. The molecule has 9 heteroatoms. The molecule has 1 aliphatic heterocycles. The Bertz CT molecular complexity index is 1390. The number of hydrogen-bond donors (Lipinski definition) is 2. The first-order valence-electron chi connectivity index (χ1n) is 12.9. The van der Waals surface area contributed by atoms with Gasteiger partial charge in [-0.1, -0.05) is 44.5 Å². The smallest absolute Gasteiger partial charge is 0.323 e. The number of ether oxygens (including phenoxy) is 2. The molecular formula is C29H34N6O3. The van der Waals surface area contributed by atoms with Crippen LogP contribution < -0.4 is 20.1 Å². The van der Waals surface area contributed by atoms with E-state index in [-0.39, 0.29) is 11.4 Å². The van der Waals surface area contributed by atoms with E-state index >= 15 is 0 Å². The van der Waals surface area contributed by atoms with Crippen LogP contribution in [-0.2, 0) is 18.4 Å². The van der Waals surface area contributed by atoms with E-state index < -0.39 is 6.23 Å². The zero-order chi connectivity index (χ0) is 26.7. The zero-order valence-corrected chi connectivity index (χ0v) is 22.3. The lowest BCUT2D eigenvalue weighted by Crippen LogP contribution is -2.43. The minimum Gasteiger partial charge on any atom is -0.491 e. The molecule has 0 saturated carbocycles. The van der Waals surface area contributed by atoms with Gasteiger partial charge in [-0.3, -0.25) is 10.00 Å². The molecule has 0 spiro atoms. The lowest BCUT2D eigenvalue weighted by Gasteiger charge is -2.28. The van der Waals surface area contributed by atoms with Crippen LogP contribution in [0.2, 0.25) is 0 Å². The molecule has 1 atom stereocenters. The first-order chi connectivity index (χ1) is 18.3. The number of amides is 2. The van der Waals surface area contributed by atoms with Crippen LogP contribution in [-0.4, -0.2) is 38.4 Å². The van der Waals surface area contributed by atoms with Crippen molar-refractivity contribution in [3.8, 4) is 17.2 Å². The molecule has 9 nitrogen and oxygen atoms in total. The Morgan fingerprint density at radius 2 is 1.97 bits per heavy atom. The van der Waals surface area contributed by atoms with Crippen LogP contribution in [0.1, 0.15) is 44.0 Å². The fourth-order valence-corrected chi connectivity index (χ4v) is 4.33. The Hall–Kier alpha value is -4.27. The van der Waals surface area contributed by atoms with Gasteiger partial charge in [-0.2, -0.15) is 10.2 Å². The highest BCUT2D eigenvalue weighted by Gasteiger charge is 2.26. The number of anilines is 1. The largest absolute Gasteiger partial charge is 0.491 e. The van der Waals surface area contributed by atoms with E-state index in [2.05, 4.69) is 36.5 Å². The zero-order valence-electron chi connectivity index (χ0n) is 22.3. The molecule has 0 bridgehead atoms. The molecule has 2 aromatic carbocycles. The van der Waals surface area contributed by atoms with Gasteiger partial charge >= 0.3 is 6.03 Å². The predicted molar refractivity (Wildman–Crippen MR) is 146 cm³/mol. The monoisotopic (exact) mass is 514 g/mol. The summed E-state index contributed by atoms with van der Waals surface area (Å²) in [6.45, 7) is 9.51. The van der Waals surface area contributed by atoms with Crippen molar-refractivity contribution in [3.05, 3.63) is 83.8 Å². The predicted octanol–water partition coefficient (Wildman–Crippen LogP) is 5.23. The second-order valence-corrected chi connectivity index (χ2v) is 10.5. The van der Waals surface area contributed by atoms with E-state index in [1.54, 1.807) is 10.9 Å². The molecule has 2 amide bonds. The molecule has 4 aromatic rings. The number of aryl methyl sites for hydroxylation is 1. The molecule has 0 aliphatic carbocycles. The van der Waals surface area contributed by atoms with Crippen molar-refractivity contribution >= 4 is 11.8 Å². The number of hydrogen-bond acceptors (Lipinski definition) is 5. The van der Waals surface area contributed by atoms with Crippen LogP contribution in [0, 0.1) is 6.92 Å². The number of rotatable bonds is 7. The number of nitrogens with zero attached hydrogens (tertiary/aromatic N) is 4. The van der Waals surface area contributed by atoms with Gasteiger partial charge in [-0.05, 0) is 43.7 Å². The standard InChI is InChI=1S/C29H34N6O3/c1-20-9-11-21(12-10-20)35-26(19-25(33-35)29(2,3)4)31-28(36)32-27-14-13-22-23(7-5-8-24(22)38-27)37-18-17-34-16-6-15-30-34/h5-12,15-16,19,27H,13-14,17-18H2,1-4H3,(H2,31,32,36). The summed E-state index contributed by atoms with van der Waals surface area (Å²) in [5.74, 6) is 2.12. The second-order valence-electron chi connectivity index (χ2n) is 10.5. The van der Waals surface area contributed by atoms with E-state index in [9.17, 15) is 4.79 Å². The number of carbonyl (C=O) groups is 1. The van der Waals surface area contributed by atoms with Crippen molar-refractivity contribution in [1.29, 1.82) is 0 Å². The van der Waals surface area contributed by atoms with Gasteiger partial charge in [0.2, 0.25) is 0 Å². The topological polar surface area (TPSA) is 95.2 Å². The van der Waals surface area contributed by atoms with E-state index in [1.807, 2.05) is 72.4 Å². The maximum atomic E-state index is 13.0. The first-order valence-corrected chi connectivity index (χ1v) is 12.9. The van der Waals surface area contributed by atoms with Crippen molar-refractivity contribution in [2.45, 2.75) is 58.7 Å². The summed E-state index contributed by atoms with van der Waals surface area (Å²) in [6.07, 6.45) is 4.56. The molecule has 0 radical (unpaired) electrons. The molecular weight excluding hydrogens is 480 g/mol. The number of benzene rings is 2. The SMILES string of the molecule is Cc1ccc(-n2nc(C(C)(C)C)cc2NC(=O)NC2CCc3c(OCCn4cccn4)cccc3O2)cc1. The van der Waals surface area contributed by atoms with Crippen molar-refractivity contribution in [2.75, 3.05) is 11.9 Å². The summed E-state index contributed by atoms with van der Waals surface area (Å²) in [5, 5.41) is 14.9. The van der Waals surface area contributed by atoms with Crippen molar-refractivity contribution in [2.24, 2.45) is 0 Å². The third-order valence-electron chi connectivity index (χ3n) is 6.44. The Morgan fingerprint density at radius 1 is 1.16 bits per heavy atom. The summed E-state index contributed by atoms with van der Waals surface area (Å²) >= 11 is 0. The molecule has 38 heavy (non-hydrogen) atoms. The summed E-state index contributed by atoms with van der Waals surface area (Å²) in [4.78, 5) is 13.0. The molecule has 0 saturated heterocycles. The van der Waals surface area contributed by atoms with Gasteiger partial charge in [-0.15, -0.1) is 0 Å². The maximum Gasteiger partial charge on any atom is 0.323 e. The van der Waals surface area contributed by atoms with Crippen LogP contribution >= 0.6 is 0 Å². The highest BCUT2D eigenvalue weighted by molar-refractivity contribution is 5.89. The van der Waals surface area contributed by atoms with E-state index in [1.165, 1.54) is 0 Å². The van der Waals surface area contributed by atoms with E-state index in [4.69, 9.17) is 14.6 Å². The average molecular weight is 515 g/mol. The number of aromatic nitrogens is 4. The van der Waals surface area contributed by atoms with Crippen molar-refractivity contribution in [1.82, 2.24) is 24.9 Å². The van der Waals surface area contributed by atoms with Crippen LogP contribution in [0.5, 0.6) is 11.5 Å². The van der Waals surface area contributed by atoms with Crippen LogP contribution in [0.4, 0.5) is 10.6 Å². The maximum absolute atomic E-state index is 13.0. The highest BCUT2D eigenvalue weighted by Crippen LogP contribution is 2.34. The van der Waals surface area contributed by atoms with Crippen LogP contribution in [0.15, 0.2) is 67.0 Å². The minimum absolute atomic E-state index is 0.169. The number of fused-ring (bicyclic) bond motifs is 1. The van der Waals surface area contributed by atoms with Gasteiger partial charge in [0.15, 0.2) is 6.23 Å².